The lowest BCUT2D eigenvalue weighted by Crippen LogP contribution is -2.36. The van der Waals surface area contributed by atoms with Crippen molar-refractivity contribution in [1.29, 1.82) is 0 Å². The Bertz CT molecular complexity index is 965. The Morgan fingerprint density at radius 1 is 1.07 bits per heavy atom. The van der Waals surface area contributed by atoms with E-state index in [2.05, 4.69) is 26.0 Å². The highest BCUT2D eigenvalue weighted by atomic mass is 35.5. The van der Waals surface area contributed by atoms with Crippen molar-refractivity contribution in [2.75, 3.05) is 32.1 Å². The summed E-state index contributed by atoms with van der Waals surface area (Å²) in [5.41, 5.74) is 3.73. The molecule has 0 fully saturated rings. The molecule has 0 aliphatic carbocycles. The van der Waals surface area contributed by atoms with Gasteiger partial charge in [-0.2, -0.15) is 0 Å². The van der Waals surface area contributed by atoms with Crippen molar-refractivity contribution in [3.63, 3.8) is 0 Å². The third kappa shape index (κ3) is 4.97. The van der Waals surface area contributed by atoms with Gasteiger partial charge in [-0.1, -0.05) is 34.5 Å². The van der Waals surface area contributed by atoms with Gasteiger partial charge in [0.25, 0.3) is 5.91 Å². The van der Waals surface area contributed by atoms with E-state index in [9.17, 15) is 4.79 Å². The maximum atomic E-state index is 13.2. The summed E-state index contributed by atoms with van der Waals surface area (Å²) in [6.07, 6.45) is 0. The molecule has 150 valence electrons. The molecule has 1 heterocycles. The van der Waals surface area contributed by atoms with E-state index in [0.29, 0.717) is 33.8 Å². The summed E-state index contributed by atoms with van der Waals surface area (Å²) in [6.45, 7) is 5.38. The lowest BCUT2D eigenvalue weighted by atomic mass is 10.1. The van der Waals surface area contributed by atoms with Crippen LogP contribution in [0.5, 0.6) is 0 Å². The zero-order valence-electron chi connectivity index (χ0n) is 16.1. The van der Waals surface area contributed by atoms with E-state index >= 15 is 0 Å². The average Bonchev–Trinajstić information content (AvgIpc) is 2.97. The van der Waals surface area contributed by atoms with Gasteiger partial charge in [-0.05, 0) is 69.4 Å². The van der Waals surface area contributed by atoms with Crippen molar-refractivity contribution < 1.29 is 4.79 Å². The van der Waals surface area contributed by atoms with E-state index in [4.69, 9.17) is 28.2 Å². The van der Waals surface area contributed by atoms with Crippen LogP contribution >= 0.6 is 46.9 Å². The molecule has 0 saturated heterocycles. The van der Waals surface area contributed by atoms with Crippen molar-refractivity contribution >= 4 is 68.2 Å². The number of nitrogens with zero attached hydrogens (tertiary/aromatic N) is 3. The number of carbonyl (C=O) groups is 1. The number of fused-ring (bicyclic) bond motifs is 1. The normalized spacial score (nSPS) is 11.0. The zero-order chi connectivity index (χ0) is 19.7. The van der Waals surface area contributed by atoms with Crippen LogP contribution in [0.15, 0.2) is 30.3 Å². The summed E-state index contributed by atoms with van der Waals surface area (Å²) < 4.78 is 1.07. The second-order valence-corrected chi connectivity index (χ2v) is 8.64. The van der Waals surface area contributed by atoms with Gasteiger partial charge in [0, 0.05) is 18.1 Å². The lowest BCUT2D eigenvalue weighted by Gasteiger charge is -2.22. The molecule has 0 atom stereocenters. The molecule has 0 aliphatic rings. The Morgan fingerprint density at radius 2 is 1.75 bits per heavy atom. The van der Waals surface area contributed by atoms with Crippen molar-refractivity contribution in [2.24, 2.45) is 0 Å². The molecular weight excluding hydrogens is 437 g/mol. The molecular formula is C20H22Cl3N3OS. The number of anilines is 1. The molecule has 8 heteroatoms. The molecule has 1 aromatic heterocycles. The van der Waals surface area contributed by atoms with Gasteiger partial charge in [-0.25, -0.2) is 4.98 Å². The third-order valence-electron chi connectivity index (χ3n) is 4.40. The highest BCUT2D eigenvalue weighted by molar-refractivity contribution is 7.22. The fraction of sp³-hybridized carbons (Fsp3) is 0.300. The highest BCUT2D eigenvalue weighted by Gasteiger charge is 2.23. The number of carbonyl (C=O) groups excluding carboxylic acids is 1. The number of aromatic nitrogens is 1. The highest BCUT2D eigenvalue weighted by Crippen LogP contribution is 2.32. The van der Waals surface area contributed by atoms with E-state index in [-0.39, 0.29) is 18.3 Å². The number of likely N-dealkylation sites (N-methyl/N-ethyl adjacent to an activating group) is 1. The van der Waals surface area contributed by atoms with E-state index in [1.807, 2.05) is 19.0 Å². The first-order chi connectivity index (χ1) is 12.8. The Labute approximate surface area is 185 Å². The van der Waals surface area contributed by atoms with Gasteiger partial charge in [0.05, 0.1) is 20.8 Å². The molecule has 0 N–H and O–H groups in total. The molecule has 3 aromatic rings. The van der Waals surface area contributed by atoms with Crippen molar-refractivity contribution in [3.05, 3.63) is 57.1 Å². The number of rotatable bonds is 5. The second-order valence-electron chi connectivity index (χ2n) is 6.78. The number of hydrogen-bond acceptors (Lipinski definition) is 4. The first kappa shape index (κ1) is 22.9. The second kappa shape index (κ2) is 9.42. The summed E-state index contributed by atoms with van der Waals surface area (Å²) in [5, 5.41) is 1.52. The van der Waals surface area contributed by atoms with Crippen LogP contribution in [0, 0.1) is 13.8 Å². The van der Waals surface area contributed by atoms with Crippen LogP contribution in [0.25, 0.3) is 10.2 Å². The number of amides is 1. The summed E-state index contributed by atoms with van der Waals surface area (Å²) in [6, 6.07) is 9.11. The minimum Gasteiger partial charge on any atom is -0.308 e. The van der Waals surface area contributed by atoms with Gasteiger partial charge in [-0.15, -0.1) is 12.4 Å². The molecule has 0 spiro atoms. The van der Waals surface area contributed by atoms with Crippen LogP contribution in [0.4, 0.5) is 5.13 Å². The van der Waals surface area contributed by atoms with Crippen molar-refractivity contribution in [3.8, 4) is 0 Å². The monoisotopic (exact) mass is 457 g/mol. The summed E-state index contributed by atoms with van der Waals surface area (Å²) >= 11 is 13.8. The summed E-state index contributed by atoms with van der Waals surface area (Å²) in [7, 11) is 3.95. The quantitative estimate of drug-likeness (QED) is 0.481. The van der Waals surface area contributed by atoms with Crippen LogP contribution in [0.3, 0.4) is 0 Å². The summed E-state index contributed by atoms with van der Waals surface area (Å²) in [5.74, 6) is -0.175. The van der Waals surface area contributed by atoms with E-state index in [1.54, 1.807) is 23.1 Å². The molecule has 0 bridgehead atoms. The number of hydrogen-bond donors (Lipinski definition) is 0. The number of aryl methyl sites for hydroxylation is 2. The number of benzene rings is 2. The third-order valence-corrected chi connectivity index (χ3v) is 5.99. The Kier molecular flexibility index (Phi) is 7.71. The molecule has 0 unspecified atom stereocenters. The van der Waals surface area contributed by atoms with Gasteiger partial charge < -0.3 is 4.90 Å². The molecule has 2 aromatic carbocycles. The minimum absolute atomic E-state index is 0. The maximum Gasteiger partial charge on any atom is 0.261 e. The smallest absolute Gasteiger partial charge is 0.261 e. The first-order valence-electron chi connectivity index (χ1n) is 8.55. The van der Waals surface area contributed by atoms with Crippen LogP contribution in [0.1, 0.15) is 21.5 Å². The maximum absolute atomic E-state index is 13.2. The molecule has 1 amide bonds. The molecule has 4 nitrogen and oxygen atoms in total. The largest absolute Gasteiger partial charge is 0.308 e. The van der Waals surface area contributed by atoms with Gasteiger partial charge in [-0.3, -0.25) is 9.69 Å². The molecule has 28 heavy (non-hydrogen) atoms. The van der Waals surface area contributed by atoms with Gasteiger partial charge in [0.2, 0.25) is 0 Å². The fourth-order valence-corrected chi connectivity index (χ4v) is 4.23. The van der Waals surface area contributed by atoms with Crippen LogP contribution in [-0.2, 0) is 0 Å². The van der Waals surface area contributed by atoms with Gasteiger partial charge in [0.1, 0.15) is 0 Å². The fourth-order valence-electron chi connectivity index (χ4n) is 2.68. The Hall–Kier alpha value is -1.37. The van der Waals surface area contributed by atoms with Crippen LogP contribution in [0.2, 0.25) is 10.0 Å². The van der Waals surface area contributed by atoms with Crippen molar-refractivity contribution in [2.45, 2.75) is 13.8 Å². The summed E-state index contributed by atoms with van der Waals surface area (Å²) in [4.78, 5) is 21.7. The van der Waals surface area contributed by atoms with Gasteiger partial charge in [0.15, 0.2) is 5.13 Å². The standard InChI is InChI=1S/C20H21Cl2N3OS.ClH/c1-12-9-17-18(10-13(12)2)27-20(23-17)25(8-7-24(3)4)19(26)15-6-5-14(21)11-16(15)22;/h5-6,9-11H,7-8H2,1-4H3;1H. The lowest BCUT2D eigenvalue weighted by molar-refractivity contribution is 0.0985. The van der Waals surface area contributed by atoms with Crippen LogP contribution < -0.4 is 4.90 Å². The predicted molar refractivity (Wildman–Crippen MR) is 123 cm³/mol. The Balaban J connectivity index is 0.00000280. The van der Waals surface area contributed by atoms with Crippen molar-refractivity contribution in [1.82, 2.24) is 9.88 Å². The van der Waals surface area contributed by atoms with Gasteiger partial charge >= 0.3 is 0 Å². The minimum atomic E-state index is -0.175. The van der Waals surface area contributed by atoms with E-state index in [0.717, 1.165) is 10.2 Å². The molecule has 3 rings (SSSR count). The van der Waals surface area contributed by atoms with E-state index in [1.165, 1.54) is 22.5 Å². The van der Waals surface area contributed by atoms with Crippen LogP contribution in [-0.4, -0.2) is 43.0 Å². The number of halogens is 3. The number of thiazole rings is 1. The molecule has 0 aliphatic heterocycles. The molecule has 0 saturated carbocycles. The zero-order valence-corrected chi connectivity index (χ0v) is 19.3. The first-order valence-corrected chi connectivity index (χ1v) is 10.1. The Morgan fingerprint density at radius 3 is 2.39 bits per heavy atom. The molecule has 0 radical (unpaired) electrons. The SMILES string of the molecule is Cc1cc2nc(N(CCN(C)C)C(=O)c3ccc(Cl)cc3Cl)sc2cc1C.Cl. The predicted octanol–water partition coefficient (Wildman–Crippen LogP) is 5.85. The topological polar surface area (TPSA) is 36.4 Å². The van der Waals surface area contributed by atoms with E-state index < -0.39 is 0 Å². The average molecular weight is 459 g/mol.